The number of aryl methyl sites for hydroxylation is 1. The van der Waals surface area contributed by atoms with E-state index in [-0.39, 0.29) is 5.92 Å². The van der Waals surface area contributed by atoms with Crippen LogP contribution in [0.2, 0.25) is 0 Å². The fourth-order valence-electron chi connectivity index (χ4n) is 1.33. The predicted octanol–water partition coefficient (Wildman–Crippen LogP) is 2.17. The van der Waals surface area contributed by atoms with Gasteiger partial charge in [-0.1, -0.05) is 13.0 Å². The van der Waals surface area contributed by atoms with Gasteiger partial charge >= 0.3 is 0 Å². The SMILES string of the molecule is Cc1cc(C#N)ccc1C(C)C=O. The minimum Gasteiger partial charge on any atom is -0.303 e. The molecule has 0 aliphatic rings. The minimum absolute atomic E-state index is 0.0901. The topological polar surface area (TPSA) is 40.9 Å². The molecule has 0 spiro atoms. The Labute approximate surface area is 77.8 Å². The van der Waals surface area contributed by atoms with E-state index >= 15 is 0 Å². The highest BCUT2D eigenvalue weighted by Crippen LogP contribution is 2.18. The molecule has 1 aromatic carbocycles. The van der Waals surface area contributed by atoms with Crippen molar-refractivity contribution in [3.05, 3.63) is 34.9 Å². The molecule has 0 saturated heterocycles. The average Bonchev–Trinajstić information content (AvgIpc) is 2.16. The maximum Gasteiger partial charge on any atom is 0.127 e. The van der Waals surface area contributed by atoms with Gasteiger partial charge in [0.25, 0.3) is 0 Å². The van der Waals surface area contributed by atoms with Gasteiger partial charge in [-0.3, -0.25) is 0 Å². The number of carbonyl (C=O) groups excluding carboxylic acids is 1. The largest absolute Gasteiger partial charge is 0.303 e. The molecular weight excluding hydrogens is 162 g/mol. The molecule has 0 fully saturated rings. The molecule has 1 unspecified atom stereocenters. The van der Waals surface area contributed by atoms with Crippen molar-refractivity contribution < 1.29 is 4.79 Å². The van der Waals surface area contributed by atoms with Gasteiger partial charge in [-0.25, -0.2) is 0 Å². The second kappa shape index (κ2) is 3.86. The Morgan fingerprint density at radius 3 is 2.69 bits per heavy atom. The summed E-state index contributed by atoms with van der Waals surface area (Å²) in [5, 5.41) is 8.63. The van der Waals surface area contributed by atoms with Crippen molar-refractivity contribution in [2.45, 2.75) is 19.8 Å². The molecule has 66 valence electrons. The Balaban J connectivity index is 3.13. The molecule has 0 saturated carbocycles. The van der Waals surface area contributed by atoms with Crippen LogP contribution >= 0.6 is 0 Å². The Morgan fingerprint density at radius 1 is 1.54 bits per heavy atom. The van der Waals surface area contributed by atoms with Crippen LogP contribution in [0, 0.1) is 18.3 Å². The molecule has 2 heteroatoms. The van der Waals surface area contributed by atoms with E-state index in [4.69, 9.17) is 5.26 Å². The van der Waals surface area contributed by atoms with E-state index < -0.39 is 0 Å². The summed E-state index contributed by atoms with van der Waals surface area (Å²) in [6.07, 6.45) is 0.911. The van der Waals surface area contributed by atoms with Crippen molar-refractivity contribution >= 4 is 6.29 Å². The summed E-state index contributed by atoms with van der Waals surface area (Å²) < 4.78 is 0. The van der Waals surface area contributed by atoms with Gasteiger partial charge in [-0.15, -0.1) is 0 Å². The van der Waals surface area contributed by atoms with E-state index in [1.165, 1.54) is 0 Å². The fraction of sp³-hybridized carbons (Fsp3) is 0.273. The first kappa shape index (κ1) is 9.47. The smallest absolute Gasteiger partial charge is 0.127 e. The van der Waals surface area contributed by atoms with Gasteiger partial charge in [0, 0.05) is 5.92 Å². The van der Waals surface area contributed by atoms with Crippen LogP contribution in [0.1, 0.15) is 29.5 Å². The van der Waals surface area contributed by atoms with Gasteiger partial charge in [0.2, 0.25) is 0 Å². The van der Waals surface area contributed by atoms with E-state index in [1.54, 1.807) is 12.1 Å². The molecule has 2 nitrogen and oxygen atoms in total. The second-order valence-electron chi connectivity index (χ2n) is 3.11. The maximum absolute atomic E-state index is 10.5. The molecule has 0 aromatic heterocycles. The lowest BCUT2D eigenvalue weighted by Crippen LogP contribution is -1.97. The molecule has 0 aliphatic heterocycles. The summed E-state index contributed by atoms with van der Waals surface area (Å²) in [6, 6.07) is 7.44. The number of rotatable bonds is 2. The molecule has 0 bridgehead atoms. The quantitative estimate of drug-likeness (QED) is 0.643. The number of benzene rings is 1. The van der Waals surface area contributed by atoms with Crippen molar-refractivity contribution in [1.82, 2.24) is 0 Å². The van der Waals surface area contributed by atoms with E-state index in [1.807, 2.05) is 19.9 Å². The molecular formula is C11H11NO. The molecule has 0 radical (unpaired) electrons. The molecule has 1 aromatic rings. The molecule has 1 atom stereocenters. The normalized spacial score (nSPS) is 11.8. The Bertz CT molecular complexity index is 363. The molecule has 0 aliphatic carbocycles. The zero-order chi connectivity index (χ0) is 9.84. The standard InChI is InChI=1S/C11H11NO/c1-8-5-10(6-12)3-4-11(8)9(2)7-13/h3-5,7,9H,1-2H3. The summed E-state index contributed by atoms with van der Waals surface area (Å²) in [5.41, 5.74) is 2.63. The van der Waals surface area contributed by atoms with Gasteiger partial charge < -0.3 is 4.79 Å². The summed E-state index contributed by atoms with van der Waals surface area (Å²) in [7, 11) is 0. The van der Waals surface area contributed by atoms with Gasteiger partial charge in [0.1, 0.15) is 6.29 Å². The summed E-state index contributed by atoms with van der Waals surface area (Å²) in [6.45, 7) is 3.76. The Morgan fingerprint density at radius 2 is 2.23 bits per heavy atom. The fourth-order valence-corrected chi connectivity index (χ4v) is 1.33. The Hall–Kier alpha value is -1.62. The molecule has 0 amide bonds. The lowest BCUT2D eigenvalue weighted by molar-refractivity contribution is -0.108. The van der Waals surface area contributed by atoms with Crippen molar-refractivity contribution in [2.75, 3.05) is 0 Å². The third-order valence-corrected chi connectivity index (χ3v) is 2.09. The number of hydrogen-bond donors (Lipinski definition) is 0. The van der Waals surface area contributed by atoms with Crippen molar-refractivity contribution in [3.8, 4) is 6.07 Å². The van der Waals surface area contributed by atoms with E-state index in [0.29, 0.717) is 5.56 Å². The van der Waals surface area contributed by atoms with Crippen LogP contribution < -0.4 is 0 Å². The number of aldehydes is 1. The van der Waals surface area contributed by atoms with Crippen LogP contribution in [-0.2, 0) is 4.79 Å². The third-order valence-electron chi connectivity index (χ3n) is 2.09. The first-order valence-electron chi connectivity index (χ1n) is 4.15. The van der Waals surface area contributed by atoms with E-state index in [9.17, 15) is 4.79 Å². The van der Waals surface area contributed by atoms with Crippen LogP contribution in [0.4, 0.5) is 0 Å². The minimum atomic E-state index is -0.0901. The zero-order valence-corrected chi connectivity index (χ0v) is 7.74. The highest BCUT2D eigenvalue weighted by molar-refractivity contribution is 5.62. The Kier molecular flexibility index (Phi) is 2.81. The van der Waals surface area contributed by atoms with Gasteiger partial charge in [-0.05, 0) is 30.2 Å². The van der Waals surface area contributed by atoms with Gasteiger partial charge in [0.05, 0.1) is 11.6 Å². The first-order chi connectivity index (χ1) is 6.19. The number of nitriles is 1. The number of hydrogen-bond acceptors (Lipinski definition) is 2. The number of nitrogens with zero attached hydrogens (tertiary/aromatic N) is 1. The van der Waals surface area contributed by atoms with Crippen LogP contribution in [0.15, 0.2) is 18.2 Å². The van der Waals surface area contributed by atoms with Gasteiger partial charge in [0.15, 0.2) is 0 Å². The monoisotopic (exact) mass is 173 g/mol. The lowest BCUT2D eigenvalue weighted by atomic mass is 9.96. The summed E-state index contributed by atoms with van der Waals surface area (Å²) in [4.78, 5) is 10.5. The summed E-state index contributed by atoms with van der Waals surface area (Å²) in [5.74, 6) is -0.0901. The molecule has 1 rings (SSSR count). The number of carbonyl (C=O) groups is 1. The van der Waals surface area contributed by atoms with Crippen molar-refractivity contribution in [2.24, 2.45) is 0 Å². The van der Waals surface area contributed by atoms with E-state index in [0.717, 1.165) is 17.4 Å². The van der Waals surface area contributed by atoms with E-state index in [2.05, 4.69) is 6.07 Å². The van der Waals surface area contributed by atoms with Gasteiger partial charge in [-0.2, -0.15) is 5.26 Å². The predicted molar refractivity (Wildman–Crippen MR) is 50.4 cm³/mol. The summed E-state index contributed by atoms with van der Waals surface area (Å²) >= 11 is 0. The maximum atomic E-state index is 10.5. The van der Waals surface area contributed by atoms with Crippen molar-refractivity contribution in [1.29, 1.82) is 5.26 Å². The lowest BCUT2D eigenvalue weighted by Gasteiger charge is -2.07. The van der Waals surface area contributed by atoms with Crippen molar-refractivity contribution in [3.63, 3.8) is 0 Å². The zero-order valence-electron chi connectivity index (χ0n) is 7.74. The average molecular weight is 173 g/mol. The highest BCUT2D eigenvalue weighted by Gasteiger charge is 2.06. The molecule has 0 heterocycles. The molecule has 13 heavy (non-hydrogen) atoms. The van der Waals surface area contributed by atoms with Crippen LogP contribution in [0.5, 0.6) is 0 Å². The second-order valence-corrected chi connectivity index (χ2v) is 3.11. The third kappa shape index (κ3) is 1.94. The van der Waals surface area contributed by atoms with Crippen LogP contribution in [0.3, 0.4) is 0 Å². The van der Waals surface area contributed by atoms with Crippen LogP contribution in [0.25, 0.3) is 0 Å². The van der Waals surface area contributed by atoms with Crippen LogP contribution in [-0.4, -0.2) is 6.29 Å². The first-order valence-corrected chi connectivity index (χ1v) is 4.15. The highest BCUT2D eigenvalue weighted by atomic mass is 16.1. The molecule has 0 N–H and O–H groups in total.